The van der Waals surface area contributed by atoms with Gasteiger partial charge >= 0.3 is 0 Å². The highest BCUT2D eigenvalue weighted by Gasteiger charge is 2.13. The Kier molecular flexibility index (Phi) is 5.75. The number of halogens is 1. The van der Waals surface area contributed by atoms with Crippen LogP contribution in [-0.4, -0.2) is 24.5 Å². The van der Waals surface area contributed by atoms with Gasteiger partial charge in [0.15, 0.2) is 0 Å². The standard InChI is InChI=1S/C16H16BrN3O4/c1-10-7-11(3-5-13(10)17)18-9-16(21)19-14-6-4-12(20(22)23)8-15(14)24-2/h3-8,18H,9H2,1-2H3,(H,19,21). The summed E-state index contributed by atoms with van der Waals surface area (Å²) in [7, 11) is 1.39. The van der Waals surface area contributed by atoms with E-state index in [0.717, 1.165) is 15.7 Å². The quantitative estimate of drug-likeness (QED) is 0.575. The molecule has 0 saturated carbocycles. The minimum Gasteiger partial charge on any atom is -0.494 e. The van der Waals surface area contributed by atoms with E-state index in [1.165, 1.54) is 25.3 Å². The van der Waals surface area contributed by atoms with Crippen LogP contribution in [0.4, 0.5) is 17.1 Å². The Hall–Kier alpha value is -2.61. The van der Waals surface area contributed by atoms with Crippen LogP contribution in [0.2, 0.25) is 0 Å². The maximum atomic E-state index is 12.1. The van der Waals surface area contributed by atoms with Gasteiger partial charge in [0.25, 0.3) is 5.69 Å². The highest BCUT2D eigenvalue weighted by Crippen LogP contribution is 2.29. The molecule has 0 aromatic heterocycles. The lowest BCUT2D eigenvalue weighted by atomic mass is 10.2. The molecule has 8 heteroatoms. The molecule has 2 N–H and O–H groups in total. The Balaban J connectivity index is 2.01. The Morgan fingerprint density at radius 1 is 1.29 bits per heavy atom. The molecule has 2 aromatic rings. The predicted octanol–water partition coefficient (Wildman–Crippen LogP) is 3.72. The number of benzene rings is 2. The normalized spacial score (nSPS) is 10.1. The third kappa shape index (κ3) is 4.45. The number of ether oxygens (including phenoxy) is 1. The first-order chi connectivity index (χ1) is 11.4. The fourth-order valence-corrected chi connectivity index (χ4v) is 2.27. The Bertz CT molecular complexity index is 780. The maximum absolute atomic E-state index is 12.1. The molecule has 0 aliphatic carbocycles. The molecule has 24 heavy (non-hydrogen) atoms. The van der Waals surface area contributed by atoms with Crippen molar-refractivity contribution >= 4 is 38.9 Å². The number of methoxy groups -OCH3 is 1. The lowest BCUT2D eigenvalue weighted by Crippen LogP contribution is -2.22. The van der Waals surface area contributed by atoms with Crippen molar-refractivity contribution in [3.8, 4) is 5.75 Å². The van der Waals surface area contributed by atoms with Crippen molar-refractivity contribution < 1.29 is 14.5 Å². The topological polar surface area (TPSA) is 93.5 Å². The molecular weight excluding hydrogens is 378 g/mol. The lowest BCUT2D eigenvalue weighted by Gasteiger charge is -2.11. The molecule has 0 radical (unpaired) electrons. The molecule has 0 atom stereocenters. The second-order valence-corrected chi connectivity index (χ2v) is 5.86. The average molecular weight is 394 g/mol. The minimum absolute atomic E-state index is 0.0568. The van der Waals surface area contributed by atoms with E-state index in [0.29, 0.717) is 5.69 Å². The molecule has 0 unspecified atom stereocenters. The number of nitrogens with zero attached hydrogens (tertiary/aromatic N) is 1. The van der Waals surface area contributed by atoms with Crippen molar-refractivity contribution in [1.82, 2.24) is 0 Å². The van der Waals surface area contributed by atoms with Crippen LogP contribution in [-0.2, 0) is 4.79 Å². The summed E-state index contributed by atoms with van der Waals surface area (Å²) in [4.78, 5) is 22.3. The van der Waals surface area contributed by atoms with Gasteiger partial charge in [-0.15, -0.1) is 0 Å². The second kappa shape index (κ2) is 7.78. The highest BCUT2D eigenvalue weighted by atomic mass is 79.9. The van der Waals surface area contributed by atoms with Crippen molar-refractivity contribution in [1.29, 1.82) is 0 Å². The Labute approximate surface area is 147 Å². The van der Waals surface area contributed by atoms with Gasteiger partial charge in [-0.2, -0.15) is 0 Å². The van der Waals surface area contributed by atoms with Crippen LogP contribution in [0.3, 0.4) is 0 Å². The number of carbonyl (C=O) groups excluding carboxylic acids is 1. The van der Waals surface area contributed by atoms with E-state index >= 15 is 0 Å². The molecule has 2 aromatic carbocycles. The SMILES string of the molecule is COc1cc([N+](=O)[O-])ccc1NC(=O)CNc1ccc(Br)c(C)c1. The summed E-state index contributed by atoms with van der Waals surface area (Å²) < 4.78 is 6.08. The molecule has 1 amide bonds. The predicted molar refractivity (Wildman–Crippen MR) is 95.6 cm³/mol. The molecule has 2 rings (SSSR count). The van der Waals surface area contributed by atoms with E-state index < -0.39 is 4.92 Å². The fourth-order valence-electron chi connectivity index (χ4n) is 2.03. The van der Waals surface area contributed by atoms with Crippen LogP contribution in [0.1, 0.15) is 5.56 Å². The number of aryl methyl sites for hydroxylation is 1. The van der Waals surface area contributed by atoms with E-state index in [1.807, 2.05) is 25.1 Å². The molecule has 126 valence electrons. The zero-order valence-electron chi connectivity index (χ0n) is 13.1. The van der Waals surface area contributed by atoms with Gasteiger partial charge < -0.3 is 15.4 Å². The van der Waals surface area contributed by atoms with E-state index in [1.54, 1.807) is 0 Å². The summed E-state index contributed by atoms with van der Waals surface area (Å²) in [6.07, 6.45) is 0. The fraction of sp³-hybridized carbons (Fsp3) is 0.188. The van der Waals surface area contributed by atoms with Gasteiger partial charge in [0.1, 0.15) is 5.75 Å². The molecule has 0 heterocycles. The van der Waals surface area contributed by atoms with Gasteiger partial charge in [0.2, 0.25) is 5.91 Å². The first-order valence-corrected chi connectivity index (χ1v) is 7.82. The zero-order valence-corrected chi connectivity index (χ0v) is 14.7. The number of hydrogen-bond acceptors (Lipinski definition) is 5. The second-order valence-electron chi connectivity index (χ2n) is 5.01. The summed E-state index contributed by atoms with van der Waals surface area (Å²) in [5.74, 6) is -0.0558. The smallest absolute Gasteiger partial charge is 0.273 e. The van der Waals surface area contributed by atoms with Crippen LogP contribution in [0.15, 0.2) is 40.9 Å². The van der Waals surface area contributed by atoms with E-state index in [9.17, 15) is 14.9 Å². The summed E-state index contributed by atoms with van der Waals surface area (Å²) >= 11 is 3.42. The van der Waals surface area contributed by atoms with Crippen molar-refractivity contribution in [2.24, 2.45) is 0 Å². The van der Waals surface area contributed by atoms with Crippen LogP contribution in [0.25, 0.3) is 0 Å². The molecule has 0 spiro atoms. The third-order valence-electron chi connectivity index (χ3n) is 3.28. The minimum atomic E-state index is -0.522. The maximum Gasteiger partial charge on any atom is 0.273 e. The number of nitrogens with one attached hydrogen (secondary N) is 2. The van der Waals surface area contributed by atoms with Crippen LogP contribution in [0, 0.1) is 17.0 Å². The number of nitro groups is 1. The number of nitro benzene ring substituents is 1. The summed E-state index contributed by atoms with van der Waals surface area (Å²) in [5.41, 5.74) is 2.15. The van der Waals surface area contributed by atoms with Crippen molar-refractivity contribution in [3.05, 3.63) is 56.5 Å². The van der Waals surface area contributed by atoms with Crippen LogP contribution < -0.4 is 15.4 Å². The lowest BCUT2D eigenvalue weighted by molar-refractivity contribution is -0.384. The van der Waals surface area contributed by atoms with Crippen molar-refractivity contribution in [2.45, 2.75) is 6.92 Å². The molecule has 0 saturated heterocycles. The first kappa shape index (κ1) is 17.7. The third-order valence-corrected chi connectivity index (χ3v) is 4.17. The monoisotopic (exact) mass is 393 g/mol. The zero-order chi connectivity index (χ0) is 17.7. The van der Waals surface area contributed by atoms with E-state index in [4.69, 9.17) is 4.74 Å². The van der Waals surface area contributed by atoms with Crippen LogP contribution in [0.5, 0.6) is 5.75 Å². The van der Waals surface area contributed by atoms with Crippen molar-refractivity contribution in [3.63, 3.8) is 0 Å². The van der Waals surface area contributed by atoms with Gasteiger partial charge in [-0.1, -0.05) is 15.9 Å². The molecular formula is C16H16BrN3O4. The van der Waals surface area contributed by atoms with Gasteiger partial charge in [-0.3, -0.25) is 14.9 Å². The van der Waals surface area contributed by atoms with Crippen molar-refractivity contribution in [2.75, 3.05) is 24.3 Å². The number of hydrogen-bond donors (Lipinski definition) is 2. The summed E-state index contributed by atoms with van der Waals surface area (Å²) in [5, 5.41) is 16.4. The molecule has 7 nitrogen and oxygen atoms in total. The first-order valence-electron chi connectivity index (χ1n) is 7.03. The number of amides is 1. The number of rotatable bonds is 6. The Morgan fingerprint density at radius 2 is 2.04 bits per heavy atom. The summed E-state index contributed by atoms with van der Waals surface area (Å²) in [6.45, 7) is 2.01. The number of non-ortho nitro benzene ring substituents is 1. The van der Waals surface area contributed by atoms with Crippen LogP contribution >= 0.6 is 15.9 Å². The molecule has 0 fully saturated rings. The van der Waals surface area contributed by atoms with Gasteiger partial charge in [0, 0.05) is 16.2 Å². The molecule has 0 bridgehead atoms. The summed E-state index contributed by atoms with van der Waals surface area (Å²) in [6, 6.07) is 9.69. The van der Waals surface area contributed by atoms with Gasteiger partial charge in [-0.25, -0.2) is 0 Å². The number of anilines is 2. The Morgan fingerprint density at radius 3 is 2.67 bits per heavy atom. The average Bonchev–Trinajstić information content (AvgIpc) is 2.56. The molecule has 0 aliphatic heterocycles. The van der Waals surface area contributed by atoms with E-state index in [-0.39, 0.29) is 23.9 Å². The largest absolute Gasteiger partial charge is 0.494 e. The van der Waals surface area contributed by atoms with E-state index in [2.05, 4.69) is 26.6 Å². The number of carbonyl (C=O) groups is 1. The van der Waals surface area contributed by atoms with Gasteiger partial charge in [-0.05, 0) is 36.8 Å². The highest BCUT2D eigenvalue weighted by molar-refractivity contribution is 9.10. The molecule has 0 aliphatic rings. The van der Waals surface area contributed by atoms with Gasteiger partial charge in [0.05, 0.1) is 30.3 Å².